The molecule has 0 amide bonds. The number of nitrogens with zero attached hydrogens (tertiary/aromatic N) is 2. The maximum absolute atomic E-state index is 5.56. The minimum absolute atomic E-state index is 0.682. The summed E-state index contributed by atoms with van der Waals surface area (Å²) in [7, 11) is 1.93. The van der Waals surface area contributed by atoms with Gasteiger partial charge in [0.25, 0.3) is 0 Å². The van der Waals surface area contributed by atoms with Gasteiger partial charge in [-0.2, -0.15) is 5.10 Å². The zero-order valence-corrected chi connectivity index (χ0v) is 10.9. The minimum Gasteiger partial charge on any atom is -0.492 e. The molecular weight excluding hydrogens is 226 g/mol. The second-order valence-electron chi connectivity index (χ2n) is 4.13. The lowest BCUT2D eigenvalue weighted by molar-refractivity contribution is 0.341. The van der Waals surface area contributed by atoms with Gasteiger partial charge in [-0.25, -0.2) is 0 Å². The maximum Gasteiger partial charge on any atom is 0.142 e. The molecule has 0 aliphatic heterocycles. The van der Waals surface area contributed by atoms with E-state index in [1.54, 1.807) is 0 Å². The monoisotopic (exact) mass is 245 g/mol. The molecule has 0 spiro atoms. The maximum atomic E-state index is 5.56. The third-order valence-electron chi connectivity index (χ3n) is 2.67. The number of anilines is 1. The number of benzene rings is 1. The van der Waals surface area contributed by atoms with E-state index in [-0.39, 0.29) is 0 Å². The van der Waals surface area contributed by atoms with E-state index < -0.39 is 0 Å². The van der Waals surface area contributed by atoms with E-state index in [9.17, 15) is 0 Å². The summed E-state index contributed by atoms with van der Waals surface area (Å²) in [5.41, 5.74) is 2.28. The fourth-order valence-electron chi connectivity index (χ4n) is 1.84. The van der Waals surface area contributed by atoms with Crippen LogP contribution in [-0.4, -0.2) is 22.9 Å². The van der Waals surface area contributed by atoms with Crippen LogP contribution in [0.5, 0.6) is 5.75 Å². The van der Waals surface area contributed by atoms with Crippen LogP contribution in [0.25, 0.3) is 0 Å². The highest BCUT2D eigenvalue weighted by molar-refractivity contribution is 5.56. The third kappa shape index (κ3) is 3.26. The smallest absolute Gasteiger partial charge is 0.142 e. The van der Waals surface area contributed by atoms with Gasteiger partial charge in [0.2, 0.25) is 0 Å². The summed E-state index contributed by atoms with van der Waals surface area (Å²) < 4.78 is 7.39. The molecule has 1 N–H and O–H groups in total. The molecule has 0 radical (unpaired) electrons. The van der Waals surface area contributed by atoms with Crippen LogP contribution in [0.15, 0.2) is 36.7 Å². The van der Waals surface area contributed by atoms with Crippen LogP contribution in [0.2, 0.25) is 0 Å². The molecule has 2 rings (SSSR count). The average Bonchev–Trinajstić information content (AvgIpc) is 2.78. The summed E-state index contributed by atoms with van der Waals surface area (Å²) in [5, 5.41) is 7.55. The summed E-state index contributed by atoms with van der Waals surface area (Å²) in [5.74, 6) is 0.909. The Balaban J connectivity index is 1.89. The van der Waals surface area contributed by atoms with Gasteiger partial charge in [-0.1, -0.05) is 12.1 Å². The Morgan fingerprint density at radius 2 is 2.17 bits per heavy atom. The number of nitrogens with one attached hydrogen (secondary N) is 1. The molecule has 0 aliphatic rings. The van der Waals surface area contributed by atoms with Crippen LogP contribution >= 0.6 is 0 Å². The van der Waals surface area contributed by atoms with Crippen molar-refractivity contribution in [2.45, 2.75) is 13.3 Å². The molecule has 0 atom stereocenters. The number of rotatable bonds is 6. The van der Waals surface area contributed by atoms with Gasteiger partial charge in [0.1, 0.15) is 5.75 Å². The van der Waals surface area contributed by atoms with Crippen molar-refractivity contribution < 1.29 is 4.74 Å². The highest BCUT2D eigenvalue weighted by atomic mass is 16.5. The van der Waals surface area contributed by atoms with Crippen molar-refractivity contribution in [1.82, 2.24) is 9.78 Å². The molecule has 4 heteroatoms. The van der Waals surface area contributed by atoms with Gasteiger partial charge >= 0.3 is 0 Å². The SMILES string of the molecule is CCOc1ccccc1NCCc1cnn(C)c1. The molecular formula is C14H19N3O. The van der Waals surface area contributed by atoms with Gasteiger partial charge in [-0.15, -0.1) is 0 Å². The molecule has 1 heterocycles. The third-order valence-corrected chi connectivity index (χ3v) is 2.67. The van der Waals surface area contributed by atoms with Gasteiger partial charge in [0, 0.05) is 19.8 Å². The van der Waals surface area contributed by atoms with Crippen LogP contribution < -0.4 is 10.1 Å². The molecule has 4 nitrogen and oxygen atoms in total. The fraction of sp³-hybridized carbons (Fsp3) is 0.357. The molecule has 0 saturated heterocycles. The Morgan fingerprint density at radius 1 is 1.33 bits per heavy atom. The van der Waals surface area contributed by atoms with E-state index in [4.69, 9.17) is 4.74 Å². The highest BCUT2D eigenvalue weighted by Crippen LogP contribution is 2.23. The van der Waals surface area contributed by atoms with Gasteiger partial charge in [0.05, 0.1) is 18.5 Å². The summed E-state index contributed by atoms with van der Waals surface area (Å²) in [6, 6.07) is 8.01. The first-order valence-corrected chi connectivity index (χ1v) is 6.23. The Kier molecular flexibility index (Phi) is 4.23. The fourth-order valence-corrected chi connectivity index (χ4v) is 1.84. The minimum atomic E-state index is 0.682. The predicted molar refractivity (Wildman–Crippen MR) is 73.0 cm³/mol. The second-order valence-corrected chi connectivity index (χ2v) is 4.13. The molecule has 0 aliphatic carbocycles. The molecule has 1 aromatic carbocycles. The Hall–Kier alpha value is -1.97. The van der Waals surface area contributed by atoms with Crippen LogP contribution in [0, 0.1) is 0 Å². The first-order chi connectivity index (χ1) is 8.79. The van der Waals surface area contributed by atoms with Gasteiger partial charge in [-0.05, 0) is 31.0 Å². The first kappa shape index (κ1) is 12.5. The Morgan fingerprint density at radius 3 is 2.89 bits per heavy atom. The van der Waals surface area contributed by atoms with Crippen molar-refractivity contribution in [2.24, 2.45) is 7.05 Å². The molecule has 1 aromatic heterocycles. The summed E-state index contributed by atoms with van der Waals surface area (Å²) >= 11 is 0. The summed E-state index contributed by atoms with van der Waals surface area (Å²) in [4.78, 5) is 0. The van der Waals surface area contributed by atoms with Crippen LogP contribution in [-0.2, 0) is 13.5 Å². The number of para-hydroxylation sites is 2. The van der Waals surface area contributed by atoms with E-state index in [2.05, 4.69) is 10.4 Å². The Labute approximate surface area is 108 Å². The number of aryl methyl sites for hydroxylation is 1. The number of ether oxygens (including phenoxy) is 1. The number of aromatic nitrogens is 2. The molecule has 96 valence electrons. The topological polar surface area (TPSA) is 39.1 Å². The molecule has 0 unspecified atom stereocenters. The van der Waals surface area contributed by atoms with E-state index in [0.29, 0.717) is 6.61 Å². The van der Waals surface area contributed by atoms with Crippen molar-refractivity contribution in [3.05, 3.63) is 42.2 Å². The molecule has 0 fully saturated rings. The van der Waals surface area contributed by atoms with Gasteiger partial charge in [0.15, 0.2) is 0 Å². The molecule has 0 saturated carbocycles. The van der Waals surface area contributed by atoms with Crippen molar-refractivity contribution in [3.8, 4) is 5.75 Å². The lowest BCUT2D eigenvalue weighted by Gasteiger charge is -2.11. The average molecular weight is 245 g/mol. The van der Waals surface area contributed by atoms with Crippen LogP contribution in [0.3, 0.4) is 0 Å². The Bertz CT molecular complexity index is 493. The van der Waals surface area contributed by atoms with Crippen LogP contribution in [0.4, 0.5) is 5.69 Å². The van der Waals surface area contributed by atoms with Crippen LogP contribution in [0.1, 0.15) is 12.5 Å². The van der Waals surface area contributed by atoms with E-state index in [1.165, 1.54) is 5.56 Å². The van der Waals surface area contributed by atoms with E-state index >= 15 is 0 Å². The van der Waals surface area contributed by atoms with Crippen molar-refractivity contribution >= 4 is 5.69 Å². The highest BCUT2D eigenvalue weighted by Gasteiger charge is 2.01. The predicted octanol–water partition coefficient (Wildman–Crippen LogP) is 2.47. The molecule has 18 heavy (non-hydrogen) atoms. The van der Waals surface area contributed by atoms with E-state index in [0.717, 1.165) is 24.4 Å². The van der Waals surface area contributed by atoms with Crippen molar-refractivity contribution in [2.75, 3.05) is 18.5 Å². The van der Waals surface area contributed by atoms with E-state index in [1.807, 2.05) is 55.3 Å². The molecule has 0 bridgehead atoms. The molecule has 2 aromatic rings. The van der Waals surface area contributed by atoms with Crippen molar-refractivity contribution in [1.29, 1.82) is 0 Å². The van der Waals surface area contributed by atoms with Gasteiger partial charge in [-0.3, -0.25) is 4.68 Å². The zero-order chi connectivity index (χ0) is 12.8. The number of hydrogen-bond acceptors (Lipinski definition) is 3. The van der Waals surface area contributed by atoms with Gasteiger partial charge < -0.3 is 10.1 Å². The quantitative estimate of drug-likeness (QED) is 0.849. The standard InChI is InChI=1S/C14H19N3O/c1-3-18-14-7-5-4-6-13(14)15-9-8-12-10-16-17(2)11-12/h4-7,10-11,15H,3,8-9H2,1-2H3. The normalized spacial score (nSPS) is 10.3. The summed E-state index contributed by atoms with van der Waals surface area (Å²) in [6.45, 7) is 3.55. The largest absolute Gasteiger partial charge is 0.492 e. The van der Waals surface area contributed by atoms with Crippen molar-refractivity contribution in [3.63, 3.8) is 0 Å². The zero-order valence-electron chi connectivity index (χ0n) is 10.9. The first-order valence-electron chi connectivity index (χ1n) is 6.23. The number of hydrogen-bond donors (Lipinski definition) is 1. The summed E-state index contributed by atoms with van der Waals surface area (Å²) in [6.07, 6.45) is 4.89. The second kappa shape index (κ2) is 6.10. The lowest BCUT2D eigenvalue weighted by Crippen LogP contribution is -2.06. The lowest BCUT2D eigenvalue weighted by atomic mass is 10.2.